The normalized spacial score (nSPS) is 17.7. The van der Waals surface area contributed by atoms with Crippen LogP contribution >= 0.6 is 0 Å². The highest BCUT2D eigenvalue weighted by Gasteiger charge is 2.16. The summed E-state index contributed by atoms with van der Waals surface area (Å²) in [6.07, 6.45) is 2.44. The lowest BCUT2D eigenvalue weighted by Gasteiger charge is -2.20. The molecule has 1 N–H and O–H groups in total. The summed E-state index contributed by atoms with van der Waals surface area (Å²) in [5.74, 6) is -3.36. The van der Waals surface area contributed by atoms with Gasteiger partial charge in [-0.05, 0) is 31.8 Å². The Morgan fingerprint density at radius 2 is 1.95 bits per heavy atom. The molecule has 1 fully saturated rings. The van der Waals surface area contributed by atoms with E-state index < -0.39 is 17.6 Å². The molecule has 1 aromatic rings. The van der Waals surface area contributed by atoms with Gasteiger partial charge in [0, 0.05) is 19.2 Å². The first kappa shape index (κ1) is 14.1. The van der Waals surface area contributed by atoms with Gasteiger partial charge in [0.1, 0.15) is 0 Å². The first-order chi connectivity index (χ1) is 9.06. The highest BCUT2D eigenvalue weighted by molar-refractivity contribution is 5.36. The molecule has 106 valence electrons. The van der Waals surface area contributed by atoms with Crippen molar-refractivity contribution in [1.29, 1.82) is 0 Å². The number of likely N-dealkylation sites (tertiary alicyclic amines) is 1. The third kappa shape index (κ3) is 3.83. The van der Waals surface area contributed by atoms with Crippen LogP contribution in [0.15, 0.2) is 6.07 Å². The van der Waals surface area contributed by atoms with Crippen LogP contribution in [0.1, 0.15) is 19.8 Å². The van der Waals surface area contributed by atoms with E-state index in [1.54, 1.807) is 0 Å². The van der Waals surface area contributed by atoms with Crippen molar-refractivity contribution in [1.82, 2.24) is 9.88 Å². The summed E-state index contributed by atoms with van der Waals surface area (Å²) in [6, 6.07) is 0.510. The summed E-state index contributed by atoms with van der Waals surface area (Å²) in [7, 11) is 0. The number of halogens is 3. The van der Waals surface area contributed by atoms with Crippen LogP contribution in [-0.2, 0) is 0 Å². The molecule has 1 unspecified atom stereocenters. The molecule has 19 heavy (non-hydrogen) atoms. The lowest BCUT2D eigenvalue weighted by Crippen LogP contribution is -2.29. The van der Waals surface area contributed by atoms with Gasteiger partial charge in [-0.1, -0.05) is 6.92 Å². The minimum atomic E-state index is -1.28. The fourth-order valence-electron chi connectivity index (χ4n) is 2.31. The molecule has 0 aromatic carbocycles. The fraction of sp³-hybridized carbons (Fsp3) is 0.615. The topological polar surface area (TPSA) is 28.2 Å². The van der Waals surface area contributed by atoms with E-state index >= 15 is 0 Å². The third-order valence-electron chi connectivity index (χ3n) is 3.27. The minimum Gasteiger partial charge on any atom is -0.367 e. The largest absolute Gasteiger partial charge is 0.367 e. The smallest absolute Gasteiger partial charge is 0.251 e. The summed E-state index contributed by atoms with van der Waals surface area (Å²) >= 11 is 0. The Balaban J connectivity index is 1.85. The van der Waals surface area contributed by atoms with Gasteiger partial charge in [0.25, 0.3) is 5.95 Å². The molecular weight excluding hydrogens is 255 g/mol. The summed E-state index contributed by atoms with van der Waals surface area (Å²) in [4.78, 5) is 5.58. The Morgan fingerprint density at radius 1 is 1.26 bits per heavy atom. The molecule has 0 aliphatic carbocycles. The molecule has 3 nitrogen and oxygen atoms in total. The van der Waals surface area contributed by atoms with E-state index in [1.165, 1.54) is 12.8 Å². The van der Waals surface area contributed by atoms with Crippen LogP contribution in [0.5, 0.6) is 0 Å². The van der Waals surface area contributed by atoms with Crippen molar-refractivity contribution in [2.45, 2.75) is 19.8 Å². The first-order valence-corrected chi connectivity index (χ1v) is 6.54. The van der Waals surface area contributed by atoms with Gasteiger partial charge in [-0.2, -0.15) is 9.37 Å². The standard InChI is InChI=1S/C13H18F3N3/c1-9(8-19-4-2-3-5-19)7-17-13-11(15)6-10(14)12(16)18-13/h6,9H,2-5,7-8H2,1H3,(H,17,18). The lowest BCUT2D eigenvalue weighted by atomic mass is 10.1. The minimum absolute atomic E-state index is 0.229. The average Bonchev–Trinajstić information content (AvgIpc) is 2.85. The quantitative estimate of drug-likeness (QED) is 0.836. The second-order valence-corrected chi connectivity index (χ2v) is 5.09. The fourth-order valence-corrected chi connectivity index (χ4v) is 2.31. The number of hydrogen-bond acceptors (Lipinski definition) is 3. The summed E-state index contributed by atoms with van der Waals surface area (Å²) in [5.41, 5.74) is 0. The number of pyridine rings is 1. The number of rotatable bonds is 5. The Morgan fingerprint density at radius 3 is 2.63 bits per heavy atom. The van der Waals surface area contributed by atoms with Gasteiger partial charge in [0.15, 0.2) is 17.5 Å². The molecule has 1 aliphatic rings. The van der Waals surface area contributed by atoms with Crippen LogP contribution in [0.25, 0.3) is 0 Å². The van der Waals surface area contributed by atoms with Gasteiger partial charge < -0.3 is 10.2 Å². The second kappa shape index (κ2) is 6.23. The number of nitrogens with zero attached hydrogens (tertiary/aromatic N) is 2. The Kier molecular flexibility index (Phi) is 4.63. The molecule has 6 heteroatoms. The van der Waals surface area contributed by atoms with E-state index in [4.69, 9.17) is 0 Å². The molecular formula is C13H18F3N3. The van der Waals surface area contributed by atoms with Gasteiger partial charge in [0.2, 0.25) is 0 Å². The zero-order chi connectivity index (χ0) is 13.8. The molecule has 0 saturated carbocycles. The SMILES string of the molecule is CC(CNc1nc(F)c(F)cc1F)CN1CCCC1. The van der Waals surface area contributed by atoms with Gasteiger partial charge in [0.05, 0.1) is 0 Å². The number of anilines is 1. The van der Waals surface area contributed by atoms with Gasteiger partial charge in [-0.25, -0.2) is 8.78 Å². The van der Waals surface area contributed by atoms with E-state index in [0.717, 1.165) is 19.6 Å². The van der Waals surface area contributed by atoms with Gasteiger partial charge in [-0.15, -0.1) is 0 Å². The highest BCUT2D eigenvalue weighted by atomic mass is 19.2. The predicted molar refractivity (Wildman–Crippen MR) is 67.4 cm³/mol. The molecule has 0 spiro atoms. The van der Waals surface area contributed by atoms with Crippen LogP contribution in [0, 0.1) is 23.5 Å². The lowest BCUT2D eigenvalue weighted by molar-refractivity contribution is 0.294. The van der Waals surface area contributed by atoms with Crippen LogP contribution in [0.4, 0.5) is 19.0 Å². The van der Waals surface area contributed by atoms with E-state index in [2.05, 4.69) is 15.2 Å². The van der Waals surface area contributed by atoms with Crippen LogP contribution in [0.2, 0.25) is 0 Å². The molecule has 1 aliphatic heterocycles. The predicted octanol–water partition coefficient (Wildman–Crippen LogP) is 2.64. The molecule has 2 rings (SSSR count). The van der Waals surface area contributed by atoms with Crippen molar-refractivity contribution in [2.24, 2.45) is 5.92 Å². The van der Waals surface area contributed by atoms with Crippen LogP contribution in [-0.4, -0.2) is 36.1 Å². The maximum absolute atomic E-state index is 13.3. The number of nitrogens with one attached hydrogen (secondary N) is 1. The van der Waals surface area contributed by atoms with Crippen molar-refractivity contribution < 1.29 is 13.2 Å². The molecule has 0 amide bonds. The van der Waals surface area contributed by atoms with Gasteiger partial charge >= 0.3 is 0 Å². The van der Waals surface area contributed by atoms with Gasteiger partial charge in [-0.3, -0.25) is 0 Å². The summed E-state index contributed by atoms with van der Waals surface area (Å²) < 4.78 is 39.0. The van der Waals surface area contributed by atoms with Crippen molar-refractivity contribution in [3.63, 3.8) is 0 Å². The number of aromatic nitrogens is 1. The maximum Gasteiger partial charge on any atom is 0.251 e. The molecule has 1 saturated heterocycles. The van der Waals surface area contributed by atoms with Crippen LogP contribution < -0.4 is 5.32 Å². The molecule has 1 atom stereocenters. The summed E-state index contributed by atoms with van der Waals surface area (Å²) in [5, 5.41) is 2.74. The monoisotopic (exact) mass is 273 g/mol. The third-order valence-corrected chi connectivity index (χ3v) is 3.27. The van der Waals surface area contributed by atoms with Crippen molar-refractivity contribution >= 4 is 5.82 Å². The van der Waals surface area contributed by atoms with Crippen molar-refractivity contribution in [3.05, 3.63) is 23.6 Å². The van der Waals surface area contributed by atoms with Crippen molar-refractivity contribution in [3.8, 4) is 0 Å². The second-order valence-electron chi connectivity index (χ2n) is 5.09. The Bertz CT molecular complexity index is 433. The van der Waals surface area contributed by atoms with Crippen LogP contribution in [0.3, 0.4) is 0 Å². The zero-order valence-electron chi connectivity index (χ0n) is 10.9. The van der Waals surface area contributed by atoms with E-state index in [-0.39, 0.29) is 11.7 Å². The molecule has 2 heterocycles. The average molecular weight is 273 g/mol. The molecule has 0 radical (unpaired) electrons. The number of hydrogen-bond donors (Lipinski definition) is 1. The highest BCUT2D eigenvalue weighted by Crippen LogP contribution is 2.15. The van der Waals surface area contributed by atoms with E-state index in [0.29, 0.717) is 12.6 Å². The van der Waals surface area contributed by atoms with E-state index in [9.17, 15) is 13.2 Å². The molecule has 0 bridgehead atoms. The summed E-state index contributed by atoms with van der Waals surface area (Å²) in [6.45, 7) is 5.62. The van der Waals surface area contributed by atoms with E-state index in [1.807, 2.05) is 6.92 Å². The Hall–Kier alpha value is -1.30. The first-order valence-electron chi connectivity index (χ1n) is 6.54. The maximum atomic E-state index is 13.3. The van der Waals surface area contributed by atoms with Crippen molar-refractivity contribution in [2.75, 3.05) is 31.5 Å². The zero-order valence-corrected chi connectivity index (χ0v) is 10.9. The Labute approximate surface area is 110 Å². The molecule has 1 aromatic heterocycles.